The smallest absolute Gasteiger partial charge is 0.305 e. The van der Waals surface area contributed by atoms with E-state index >= 15 is 0 Å². The summed E-state index contributed by atoms with van der Waals surface area (Å²) in [5, 5.41) is 0.520. The van der Waals surface area contributed by atoms with Crippen molar-refractivity contribution in [2.24, 2.45) is 0 Å². The molecule has 0 fully saturated rings. The minimum atomic E-state index is -0.134. The summed E-state index contributed by atoms with van der Waals surface area (Å²) in [5.41, 5.74) is 6.21. The van der Waals surface area contributed by atoms with Crippen LogP contribution in [0, 0.1) is 0 Å². The topological polar surface area (TPSA) is 61.5 Å². The molecule has 2 N–H and O–H groups in total. The first-order valence-corrected chi connectivity index (χ1v) is 6.84. The molecule has 1 aromatic rings. The van der Waals surface area contributed by atoms with Gasteiger partial charge in [0.05, 0.1) is 18.2 Å². The van der Waals surface area contributed by atoms with E-state index in [-0.39, 0.29) is 18.4 Å². The van der Waals surface area contributed by atoms with E-state index in [0.29, 0.717) is 36.1 Å². The second-order valence-electron chi connectivity index (χ2n) is 4.15. The van der Waals surface area contributed by atoms with Crippen molar-refractivity contribution in [3.8, 4) is 5.75 Å². The lowest BCUT2D eigenvalue weighted by Crippen LogP contribution is -2.04. The molecular formula is C14H21Cl2NO3. The van der Waals surface area contributed by atoms with Crippen LogP contribution in [0.5, 0.6) is 5.75 Å². The molecule has 0 aliphatic heterocycles. The molecule has 114 valence electrons. The van der Waals surface area contributed by atoms with E-state index in [4.69, 9.17) is 26.8 Å². The van der Waals surface area contributed by atoms with Crippen LogP contribution in [0.25, 0.3) is 0 Å². The second-order valence-corrected chi connectivity index (χ2v) is 4.56. The summed E-state index contributed by atoms with van der Waals surface area (Å²) in [6.07, 6.45) is 3.08. The van der Waals surface area contributed by atoms with Crippen molar-refractivity contribution in [2.45, 2.75) is 32.6 Å². The number of hydrogen-bond acceptors (Lipinski definition) is 4. The zero-order chi connectivity index (χ0) is 14.1. The summed E-state index contributed by atoms with van der Waals surface area (Å²) in [7, 11) is 0. The van der Waals surface area contributed by atoms with Gasteiger partial charge in [0.1, 0.15) is 5.75 Å². The van der Waals surface area contributed by atoms with Crippen LogP contribution >= 0.6 is 24.0 Å². The lowest BCUT2D eigenvalue weighted by Gasteiger charge is -2.08. The average molecular weight is 322 g/mol. The van der Waals surface area contributed by atoms with E-state index in [9.17, 15) is 4.79 Å². The number of unbranched alkanes of at least 4 members (excludes halogenated alkanes) is 2. The number of esters is 1. The summed E-state index contributed by atoms with van der Waals surface area (Å²) in [6.45, 7) is 2.83. The van der Waals surface area contributed by atoms with Crippen molar-refractivity contribution in [1.29, 1.82) is 0 Å². The number of carbonyl (C=O) groups excluding carboxylic acids is 1. The van der Waals surface area contributed by atoms with Crippen molar-refractivity contribution < 1.29 is 14.3 Å². The van der Waals surface area contributed by atoms with Gasteiger partial charge in [0, 0.05) is 12.1 Å². The maximum absolute atomic E-state index is 11.1. The number of hydrogen-bond donors (Lipinski definition) is 1. The van der Waals surface area contributed by atoms with Crippen molar-refractivity contribution in [1.82, 2.24) is 0 Å². The molecule has 0 amide bonds. The number of nitrogen functional groups attached to an aromatic ring is 1. The molecular weight excluding hydrogens is 301 g/mol. The maximum atomic E-state index is 11.1. The third-order valence-corrected chi connectivity index (χ3v) is 2.84. The molecule has 0 aliphatic carbocycles. The second kappa shape index (κ2) is 10.6. The standard InChI is InChI=1S/C14H20ClNO3.ClH/c1-2-18-14(17)6-4-3-5-9-19-13-8-7-11(16)10-12(13)15;/h7-8,10H,2-6,9,16H2,1H3;1H. The van der Waals surface area contributed by atoms with Gasteiger partial charge in [-0.05, 0) is 44.4 Å². The number of halogens is 2. The molecule has 0 radical (unpaired) electrons. The Bertz CT molecular complexity index is 413. The Labute approximate surface area is 131 Å². The normalized spacial score (nSPS) is 9.70. The van der Waals surface area contributed by atoms with Crippen molar-refractivity contribution in [2.75, 3.05) is 18.9 Å². The number of nitrogens with two attached hydrogens (primary N) is 1. The van der Waals surface area contributed by atoms with Gasteiger partial charge in [-0.2, -0.15) is 0 Å². The minimum Gasteiger partial charge on any atom is -0.492 e. The highest BCUT2D eigenvalue weighted by Crippen LogP contribution is 2.26. The Kier molecular flexibility index (Phi) is 10.0. The molecule has 1 rings (SSSR count). The van der Waals surface area contributed by atoms with Gasteiger partial charge in [0.2, 0.25) is 0 Å². The van der Waals surface area contributed by atoms with Crippen LogP contribution in [-0.2, 0) is 9.53 Å². The summed E-state index contributed by atoms with van der Waals surface area (Å²) >= 11 is 5.98. The number of carbonyl (C=O) groups is 1. The molecule has 1 aromatic carbocycles. The fourth-order valence-electron chi connectivity index (χ4n) is 1.60. The molecule has 0 aromatic heterocycles. The van der Waals surface area contributed by atoms with E-state index in [1.807, 2.05) is 6.92 Å². The largest absolute Gasteiger partial charge is 0.492 e. The lowest BCUT2D eigenvalue weighted by molar-refractivity contribution is -0.143. The van der Waals surface area contributed by atoms with E-state index in [0.717, 1.165) is 19.3 Å². The lowest BCUT2D eigenvalue weighted by atomic mass is 10.2. The first-order valence-electron chi connectivity index (χ1n) is 6.47. The third kappa shape index (κ3) is 7.46. The third-order valence-electron chi connectivity index (χ3n) is 2.54. The minimum absolute atomic E-state index is 0. The highest BCUT2D eigenvalue weighted by molar-refractivity contribution is 6.32. The zero-order valence-corrected chi connectivity index (χ0v) is 13.1. The molecule has 4 nitrogen and oxygen atoms in total. The van der Waals surface area contributed by atoms with Crippen LogP contribution in [-0.4, -0.2) is 19.2 Å². The van der Waals surface area contributed by atoms with Crippen LogP contribution in [0.15, 0.2) is 18.2 Å². The van der Waals surface area contributed by atoms with Crippen molar-refractivity contribution in [3.05, 3.63) is 23.2 Å². The fourth-order valence-corrected chi connectivity index (χ4v) is 1.84. The predicted molar refractivity (Wildman–Crippen MR) is 83.7 cm³/mol. The number of benzene rings is 1. The molecule has 0 spiro atoms. The van der Waals surface area contributed by atoms with Crippen molar-refractivity contribution >= 4 is 35.7 Å². The van der Waals surface area contributed by atoms with Crippen LogP contribution < -0.4 is 10.5 Å². The highest BCUT2D eigenvalue weighted by atomic mass is 35.5. The Morgan fingerprint density at radius 3 is 2.70 bits per heavy atom. The van der Waals surface area contributed by atoms with Crippen LogP contribution in [0.1, 0.15) is 32.6 Å². The van der Waals surface area contributed by atoms with Gasteiger partial charge in [0.25, 0.3) is 0 Å². The van der Waals surface area contributed by atoms with Gasteiger partial charge < -0.3 is 15.2 Å². The predicted octanol–water partition coefficient (Wildman–Crippen LogP) is 3.85. The van der Waals surface area contributed by atoms with Crippen LogP contribution in [0.4, 0.5) is 5.69 Å². The van der Waals surface area contributed by atoms with E-state index in [2.05, 4.69) is 0 Å². The summed E-state index contributed by atoms with van der Waals surface area (Å²) < 4.78 is 10.4. The molecule has 0 atom stereocenters. The monoisotopic (exact) mass is 321 g/mol. The maximum Gasteiger partial charge on any atom is 0.305 e. The fraction of sp³-hybridized carbons (Fsp3) is 0.500. The Morgan fingerprint density at radius 2 is 2.05 bits per heavy atom. The summed E-state index contributed by atoms with van der Waals surface area (Å²) in [4.78, 5) is 11.1. The molecule has 0 aliphatic rings. The average Bonchev–Trinajstić information content (AvgIpc) is 2.36. The first kappa shape index (κ1) is 18.9. The van der Waals surface area contributed by atoms with E-state index < -0.39 is 0 Å². The summed E-state index contributed by atoms with van der Waals surface area (Å²) in [6, 6.07) is 5.18. The van der Waals surface area contributed by atoms with E-state index in [1.165, 1.54) is 0 Å². The molecule has 20 heavy (non-hydrogen) atoms. The highest BCUT2D eigenvalue weighted by Gasteiger charge is 2.03. The number of anilines is 1. The van der Waals surface area contributed by atoms with E-state index in [1.54, 1.807) is 18.2 Å². The first-order chi connectivity index (χ1) is 9.13. The molecule has 0 unspecified atom stereocenters. The summed E-state index contributed by atoms with van der Waals surface area (Å²) in [5.74, 6) is 0.506. The van der Waals surface area contributed by atoms with Gasteiger partial charge in [-0.1, -0.05) is 11.6 Å². The molecule has 0 heterocycles. The van der Waals surface area contributed by atoms with Gasteiger partial charge >= 0.3 is 5.97 Å². The van der Waals surface area contributed by atoms with Gasteiger partial charge in [0.15, 0.2) is 0 Å². The van der Waals surface area contributed by atoms with Gasteiger partial charge in [-0.3, -0.25) is 4.79 Å². The van der Waals surface area contributed by atoms with Crippen LogP contribution in [0.2, 0.25) is 5.02 Å². The molecule has 0 saturated heterocycles. The van der Waals surface area contributed by atoms with Crippen molar-refractivity contribution in [3.63, 3.8) is 0 Å². The van der Waals surface area contributed by atoms with Crippen LogP contribution in [0.3, 0.4) is 0 Å². The molecule has 0 bridgehead atoms. The zero-order valence-electron chi connectivity index (χ0n) is 11.6. The van der Waals surface area contributed by atoms with Gasteiger partial charge in [-0.25, -0.2) is 0 Å². The van der Waals surface area contributed by atoms with Gasteiger partial charge in [-0.15, -0.1) is 12.4 Å². The molecule has 0 saturated carbocycles. The Morgan fingerprint density at radius 1 is 1.30 bits per heavy atom. The number of rotatable bonds is 8. The quantitative estimate of drug-likeness (QED) is 0.449. The Balaban J connectivity index is 0.00000361. The Hall–Kier alpha value is -1.13. The SMILES string of the molecule is CCOC(=O)CCCCCOc1ccc(N)cc1Cl.Cl. The molecule has 6 heteroatoms. The number of ether oxygens (including phenoxy) is 2.